The van der Waals surface area contributed by atoms with E-state index >= 15 is 0 Å². The summed E-state index contributed by atoms with van der Waals surface area (Å²) in [6.07, 6.45) is -3.78. The van der Waals surface area contributed by atoms with Gasteiger partial charge in [0, 0.05) is 17.8 Å². The molecule has 116 valence electrons. The van der Waals surface area contributed by atoms with Crippen LogP contribution in [0.1, 0.15) is 11.1 Å². The molecule has 0 aliphatic carbocycles. The van der Waals surface area contributed by atoms with Crippen molar-refractivity contribution in [1.82, 2.24) is 4.98 Å². The van der Waals surface area contributed by atoms with Crippen LogP contribution in [0.15, 0.2) is 36.5 Å². The molecular weight excluding hydrogens is 299 g/mol. The van der Waals surface area contributed by atoms with Crippen LogP contribution in [0.25, 0.3) is 11.1 Å². The third-order valence-electron chi connectivity index (χ3n) is 3.04. The monoisotopic (exact) mass is 311 g/mol. The number of hydrogen-bond donors (Lipinski definition) is 1. The zero-order chi connectivity index (χ0) is 16.3. The molecule has 22 heavy (non-hydrogen) atoms. The number of rotatable bonds is 4. The van der Waals surface area contributed by atoms with E-state index in [0.717, 1.165) is 6.07 Å². The van der Waals surface area contributed by atoms with Crippen molar-refractivity contribution in [1.29, 1.82) is 0 Å². The minimum Gasteiger partial charge on any atom is -0.481 e. The smallest absolute Gasteiger partial charge is 0.417 e. The molecule has 0 bridgehead atoms. The van der Waals surface area contributed by atoms with E-state index in [1.807, 2.05) is 0 Å². The molecule has 1 aromatic carbocycles. The van der Waals surface area contributed by atoms with Crippen molar-refractivity contribution in [2.75, 3.05) is 7.11 Å². The Hall–Kier alpha value is -2.57. The van der Waals surface area contributed by atoms with Gasteiger partial charge in [0.05, 0.1) is 19.1 Å². The number of aliphatic carboxylic acids is 1. The van der Waals surface area contributed by atoms with Crippen LogP contribution in [0.5, 0.6) is 5.88 Å². The van der Waals surface area contributed by atoms with E-state index in [2.05, 4.69) is 4.98 Å². The van der Waals surface area contributed by atoms with Crippen LogP contribution in [-0.4, -0.2) is 23.2 Å². The summed E-state index contributed by atoms with van der Waals surface area (Å²) in [5, 5.41) is 8.95. The Morgan fingerprint density at radius 3 is 2.55 bits per heavy atom. The maximum Gasteiger partial charge on any atom is 0.417 e. The molecule has 0 unspecified atom stereocenters. The number of nitrogens with zero attached hydrogens (tertiary/aromatic N) is 1. The third kappa shape index (κ3) is 3.36. The number of pyridine rings is 1. The van der Waals surface area contributed by atoms with Crippen LogP contribution in [0.3, 0.4) is 0 Å². The third-order valence-corrected chi connectivity index (χ3v) is 3.04. The van der Waals surface area contributed by atoms with E-state index in [-0.39, 0.29) is 22.6 Å². The van der Waals surface area contributed by atoms with Crippen LogP contribution in [-0.2, 0) is 17.4 Å². The number of hydrogen-bond acceptors (Lipinski definition) is 3. The largest absolute Gasteiger partial charge is 0.481 e. The number of aromatic nitrogens is 1. The molecule has 0 atom stereocenters. The minimum absolute atomic E-state index is 0.110. The molecule has 1 heterocycles. The molecule has 0 aliphatic heterocycles. The van der Waals surface area contributed by atoms with Crippen LogP contribution in [0.4, 0.5) is 13.2 Å². The fraction of sp³-hybridized carbons (Fsp3) is 0.200. The average molecular weight is 311 g/mol. The molecule has 0 radical (unpaired) electrons. The number of methoxy groups -OCH3 is 1. The Bertz CT molecular complexity index is 699. The zero-order valence-electron chi connectivity index (χ0n) is 11.5. The number of carboxylic acid groups (broad SMARTS) is 1. The predicted molar refractivity (Wildman–Crippen MR) is 72.6 cm³/mol. The van der Waals surface area contributed by atoms with Crippen molar-refractivity contribution in [2.24, 2.45) is 0 Å². The number of carboxylic acids is 1. The summed E-state index contributed by atoms with van der Waals surface area (Å²) in [5.41, 5.74) is -0.623. The molecule has 7 heteroatoms. The summed E-state index contributed by atoms with van der Waals surface area (Å²) in [5.74, 6) is -1.01. The summed E-state index contributed by atoms with van der Waals surface area (Å²) in [6, 6.07) is 6.30. The normalized spacial score (nSPS) is 11.3. The van der Waals surface area contributed by atoms with E-state index in [0.29, 0.717) is 0 Å². The van der Waals surface area contributed by atoms with Crippen molar-refractivity contribution in [3.05, 3.63) is 47.7 Å². The second kappa shape index (κ2) is 6.05. The quantitative estimate of drug-likeness (QED) is 0.940. The van der Waals surface area contributed by atoms with E-state index in [4.69, 9.17) is 9.84 Å². The summed E-state index contributed by atoms with van der Waals surface area (Å²) in [4.78, 5) is 14.8. The fourth-order valence-corrected chi connectivity index (χ4v) is 2.10. The topological polar surface area (TPSA) is 59.4 Å². The van der Waals surface area contributed by atoms with Gasteiger partial charge < -0.3 is 9.84 Å². The fourth-order valence-electron chi connectivity index (χ4n) is 2.10. The Labute approximate surface area is 124 Å². The van der Waals surface area contributed by atoms with Gasteiger partial charge in [0.25, 0.3) is 0 Å². The first-order valence-corrected chi connectivity index (χ1v) is 6.24. The Morgan fingerprint density at radius 1 is 1.27 bits per heavy atom. The van der Waals surface area contributed by atoms with Crippen molar-refractivity contribution >= 4 is 5.97 Å². The van der Waals surface area contributed by atoms with E-state index in [1.54, 1.807) is 0 Å². The molecule has 1 N–H and O–H groups in total. The van der Waals surface area contributed by atoms with Gasteiger partial charge in [-0.1, -0.05) is 18.2 Å². The maximum atomic E-state index is 13.1. The zero-order valence-corrected chi connectivity index (χ0v) is 11.5. The van der Waals surface area contributed by atoms with Crippen molar-refractivity contribution in [3.8, 4) is 17.0 Å². The second-order valence-corrected chi connectivity index (χ2v) is 4.50. The summed E-state index contributed by atoms with van der Waals surface area (Å²) in [7, 11) is 1.34. The van der Waals surface area contributed by atoms with Crippen LogP contribution >= 0.6 is 0 Å². The molecule has 0 saturated heterocycles. The molecule has 0 aliphatic rings. The van der Waals surface area contributed by atoms with E-state index in [1.165, 1.54) is 37.6 Å². The minimum atomic E-state index is -4.54. The second-order valence-electron chi connectivity index (χ2n) is 4.50. The highest BCUT2D eigenvalue weighted by Crippen LogP contribution is 2.38. The van der Waals surface area contributed by atoms with Crippen molar-refractivity contribution < 1.29 is 27.8 Å². The van der Waals surface area contributed by atoms with Gasteiger partial charge in [-0.15, -0.1) is 0 Å². The number of benzene rings is 1. The molecule has 4 nitrogen and oxygen atoms in total. The lowest BCUT2D eigenvalue weighted by molar-refractivity contribution is -0.137. The van der Waals surface area contributed by atoms with Gasteiger partial charge in [0.1, 0.15) is 0 Å². The van der Waals surface area contributed by atoms with Crippen LogP contribution < -0.4 is 4.74 Å². The Balaban J connectivity index is 2.64. The summed E-state index contributed by atoms with van der Waals surface area (Å²) in [6.45, 7) is 0. The average Bonchev–Trinajstić information content (AvgIpc) is 2.45. The first kappa shape index (κ1) is 15.8. The van der Waals surface area contributed by atoms with Gasteiger partial charge in [0.2, 0.25) is 5.88 Å². The van der Waals surface area contributed by atoms with Crippen molar-refractivity contribution in [2.45, 2.75) is 12.6 Å². The lowest BCUT2D eigenvalue weighted by Gasteiger charge is -2.15. The first-order chi connectivity index (χ1) is 10.3. The van der Waals surface area contributed by atoms with E-state index in [9.17, 15) is 18.0 Å². The highest BCUT2D eigenvalue weighted by Gasteiger charge is 2.34. The molecular formula is C15H12F3NO3. The molecule has 0 saturated carbocycles. The molecule has 1 aromatic heterocycles. The standard InChI is InChI=1S/C15H12F3NO3/c1-22-13-6-9(7-14(20)21)11(8-19-13)10-4-2-3-5-12(10)15(16,17)18/h2-6,8H,7H2,1H3,(H,20,21). The lowest BCUT2D eigenvalue weighted by Crippen LogP contribution is -2.09. The van der Waals surface area contributed by atoms with Gasteiger partial charge in [-0.3, -0.25) is 4.79 Å². The number of halogens is 3. The number of alkyl halides is 3. The van der Waals surface area contributed by atoms with Gasteiger partial charge in [-0.2, -0.15) is 13.2 Å². The predicted octanol–water partition coefficient (Wildman–Crippen LogP) is 3.40. The molecule has 2 rings (SSSR count). The summed E-state index contributed by atoms with van der Waals surface area (Å²) >= 11 is 0. The SMILES string of the molecule is COc1cc(CC(=O)O)c(-c2ccccc2C(F)(F)F)cn1. The van der Waals surface area contributed by atoms with Gasteiger partial charge in [-0.25, -0.2) is 4.98 Å². The van der Waals surface area contributed by atoms with E-state index < -0.39 is 24.1 Å². The Kier molecular flexibility index (Phi) is 4.35. The maximum absolute atomic E-state index is 13.1. The molecule has 0 spiro atoms. The number of ether oxygens (including phenoxy) is 1. The van der Waals surface area contributed by atoms with Crippen molar-refractivity contribution in [3.63, 3.8) is 0 Å². The van der Waals surface area contributed by atoms with Gasteiger partial charge in [0.15, 0.2) is 0 Å². The van der Waals surface area contributed by atoms with Gasteiger partial charge in [-0.05, 0) is 17.2 Å². The highest BCUT2D eigenvalue weighted by molar-refractivity contribution is 5.78. The lowest BCUT2D eigenvalue weighted by atomic mass is 9.95. The molecule has 0 amide bonds. The van der Waals surface area contributed by atoms with Crippen LogP contribution in [0.2, 0.25) is 0 Å². The summed E-state index contributed by atoms with van der Waals surface area (Å²) < 4.78 is 44.2. The highest BCUT2D eigenvalue weighted by atomic mass is 19.4. The van der Waals surface area contributed by atoms with Gasteiger partial charge >= 0.3 is 12.1 Å². The number of carbonyl (C=O) groups is 1. The molecule has 0 fully saturated rings. The van der Waals surface area contributed by atoms with Crippen LogP contribution in [0, 0.1) is 0 Å². The Morgan fingerprint density at radius 2 is 1.95 bits per heavy atom. The first-order valence-electron chi connectivity index (χ1n) is 6.24. The molecule has 2 aromatic rings.